The number of halogens is 1. The first kappa shape index (κ1) is 17.5. The van der Waals surface area contributed by atoms with Crippen molar-refractivity contribution in [3.8, 4) is 11.1 Å². The smallest absolute Gasteiger partial charge is 0.354 e. The van der Waals surface area contributed by atoms with Gasteiger partial charge in [0.05, 0.1) is 18.5 Å². The summed E-state index contributed by atoms with van der Waals surface area (Å²) in [6.45, 7) is 1.86. The van der Waals surface area contributed by atoms with Crippen LogP contribution >= 0.6 is 0 Å². The van der Waals surface area contributed by atoms with E-state index in [0.29, 0.717) is 22.0 Å². The number of aromatic nitrogens is 1. The minimum atomic E-state index is -1.24. The fourth-order valence-electron chi connectivity index (χ4n) is 2.90. The SMILES string of the molecule is CCOC(=O)Cc1c(C(=O)O)nc2ccccc2c1-c1ccc(F)cc1. The number of nitrogens with zero attached hydrogens (tertiary/aromatic N) is 1. The molecule has 0 saturated carbocycles. The van der Waals surface area contributed by atoms with Crippen LogP contribution in [0.2, 0.25) is 0 Å². The van der Waals surface area contributed by atoms with Crippen molar-refractivity contribution in [2.75, 3.05) is 6.61 Å². The van der Waals surface area contributed by atoms with E-state index in [1.807, 2.05) is 0 Å². The van der Waals surface area contributed by atoms with Gasteiger partial charge < -0.3 is 9.84 Å². The Morgan fingerprint density at radius 3 is 2.46 bits per heavy atom. The molecule has 1 aromatic heterocycles. The Morgan fingerprint density at radius 2 is 1.81 bits per heavy atom. The fourth-order valence-corrected chi connectivity index (χ4v) is 2.90. The lowest BCUT2D eigenvalue weighted by molar-refractivity contribution is -0.142. The van der Waals surface area contributed by atoms with Crippen LogP contribution in [0, 0.1) is 5.82 Å². The molecule has 0 aliphatic heterocycles. The highest BCUT2D eigenvalue weighted by Crippen LogP contribution is 2.34. The van der Waals surface area contributed by atoms with Gasteiger partial charge in [-0.05, 0) is 36.2 Å². The normalized spacial score (nSPS) is 10.7. The number of fused-ring (bicyclic) bond motifs is 1. The Morgan fingerprint density at radius 1 is 1.12 bits per heavy atom. The first-order valence-electron chi connectivity index (χ1n) is 8.07. The molecule has 3 aromatic rings. The van der Waals surface area contributed by atoms with Crippen LogP contribution in [0.4, 0.5) is 4.39 Å². The average Bonchev–Trinajstić information content (AvgIpc) is 2.62. The maximum Gasteiger partial charge on any atom is 0.354 e. The summed E-state index contributed by atoms with van der Waals surface area (Å²) in [6.07, 6.45) is -0.236. The van der Waals surface area contributed by atoms with E-state index >= 15 is 0 Å². The number of aromatic carboxylic acids is 1. The van der Waals surface area contributed by atoms with Gasteiger partial charge in [-0.15, -0.1) is 0 Å². The molecular formula is C20H16FNO4. The molecule has 0 atom stereocenters. The summed E-state index contributed by atoms with van der Waals surface area (Å²) in [4.78, 5) is 28.0. The predicted molar refractivity (Wildman–Crippen MR) is 94.4 cm³/mol. The maximum absolute atomic E-state index is 13.4. The van der Waals surface area contributed by atoms with Crippen molar-refractivity contribution in [1.29, 1.82) is 0 Å². The van der Waals surface area contributed by atoms with Crippen LogP contribution in [0.1, 0.15) is 23.0 Å². The quantitative estimate of drug-likeness (QED) is 0.705. The van der Waals surface area contributed by atoms with E-state index in [-0.39, 0.29) is 24.3 Å². The molecule has 0 unspecified atom stereocenters. The van der Waals surface area contributed by atoms with Gasteiger partial charge in [-0.3, -0.25) is 4.79 Å². The predicted octanol–water partition coefficient (Wildman–Crippen LogP) is 3.84. The summed E-state index contributed by atoms with van der Waals surface area (Å²) in [5.41, 5.74) is 1.67. The molecule has 2 aromatic carbocycles. The van der Waals surface area contributed by atoms with Gasteiger partial charge in [0.15, 0.2) is 5.69 Å². The summed E-state index contributed by atoms with van der Waals surface area (Å²) in [5, 5.41) is 10.3. The van der Waals surface area contributed by atoms with Crippen molar-refractivity contribution < 1.29 is 23.8 Å². The van der Waals surface area contributed by atoms with Crippen LogP contribution in [-0.2, 0) is 16.0 Å². The Labute approximate surface area is 149 Å². The topological polar surface area (TPSA) is 76.5 Å². The fraction of sp³-hybridized carbons (Fsp3) is 0.150. The second kappa shape index (κ2) is 7.31. The molecule has 0 spiro atoms. The minimum Gasteiger partial charge on any atom is -0.477 e. The lowest BCUT2D eigenvalue weighted by Crippen LogP contribution is -2.15. The lowest BCUT2D eigenvalue weighted by atomic mass is 9.92. The molecule has 0 amide bonds. The molecule has 132 valence electrons. The third kappa shape index (κ3) is 3.39. The molecule has 0 aliphatic carbocycles. The Kier molecular flexibility index (Phi) is 4.93. The number of hydrogen-bond acceptors (Lipinski definition) is 4. The molecule has 6 heteroatoms. The van der Waals surface area contributed by atoms with E-state index < -0.39 is 17.8 Å². The van der Waals surface area contributed by atoms with E-state index in [9.17, 15) is 19.1 Å². The first-order chi connectivity index (χ1) is 12.5. The summed E-state index contributed by atoms with van der Waals surface area (Å²) in [5.74, 6) is -2.19. The summed E-state index contributed by atoms with van der Waals surface area (Å²) >= 11 is 0. The zero-order valence-corrected chi connectivity index (χ0v) is 14.0. The zero-order chi connectivity index (χ0) is 18.7. The number of carbonyl (C=O) groups excluding carboxylic acids is 1. The van der Waals surface area contributed by atoms with E-state index in [0.717, 1.165) is 0 Å². The summed E-state index contributed by atoms with van der Waals surface area (Å²) < 4.78 is 18.3. The third-order valence-corrected chi connectivity index (χ3v) is 3.96. The van der Waals surface area contributed by atoms with Crippen molar-refractivity contribution in [3.63, 3.8) is 0 Å². The van der Waals surface area contributed by atoms with Gasteiger partial charge >= 0.3 is 11.9 Å². The van der Waals surface area contributed by atoms with Gasteiger partial charge in [0.1, 0.15) is 5.82 Å². The van der Waals surface area contributed by atoms with Crippen LogP contribution < -0.4 is 0 Å². The largest absolute Gasteiger partial charge is 0.477 e. The van der Waals surface area contributed by atoms with E-state index in [1.54, 1.807) is 43.3 Å². The highest BCUT2D eigenvalue weighted by atomic mass is 19.1. The molecule has 26 heavy (non-hydrogen) atoms. The van der Waals surface area contributed by atoms with E-state index in [2.05, 4.69) is 4.98 Å². The van der Waals surface area contributed by atoms with Crippen molar-refractivity contribution >= 4 is 22.8 Å². The van der Waals surface area contributed by atoms with Crippen LogP contribution in [0.5, 0.6) is 0 Å². The van der Waals surface area contributed by atoms with Gasteiger partial charge in [-0.1, -0.05) is 30.3 Å². The Bertz CT molecular complexity index is 983. The molecular weight excluding hydrogens is 337 g/mol. The standard InChI is InChI=1S/C20H16FNO4/c1-2-26-17(23)11-15-18(12-7-9-13(21)10-8-12)14-5-3-4-6-16(14)22-19(15)20(24)25/h3-10H,2,11H2,1H3,(H,24,25). The second-order valence-electron chi connectivity index (χ2n) is 5.62. The number of carboxylic acids is 1. The number of para-hydroxylation sites is 1. The van der Waals surface area contributed by atoms with Crippen molar-refractivity contribution in [2.45, 2.75) is 13.3 Å². The number of pyridine rings is 1. The molecule has 0 aliphatic rings. The monoisotopic (exact) mass is 353 g/mol. The lowest BCUT2D eigenvalue weighted by Gasteiger charge is -2.15. The van der Waals surface area contributed by atoms with E-state index in [4.69, 9.17) is 4.74 Å². The molecule has 3 rings (SSSR count). The number of carbonyl (C=O) groups is 2. The Balaban J connectivity index is 2.34. The average molecular weight is 353 g/mol. The number of carboxylic acid groups (broad SMARTS) is 1. The number of benzene rings is 2. The van der Waals surface area contributed by atoms with Crippen LogP contribution in [-0.4, -0.2) is 28.6 Å². The minimum absolute atomic E-state index is 0.189. The first-order valence-corrected chi connectivity index (χ1v) is 8.07. The number of ether oxygens (including phenoxy) is 1. The van der Waals surface area contributed by atoms with Gasteiger partial charge in [-0.2, -0.15) is 0 Å². The summed E-state index contributed by atoms with van der Waals surface area (Å²) in [7, 11) is 0. The Hall–Kier alpha value is -3.28. The second-order valence-corrected chi connectivity index (χ2v) is 5.62. The molecule has 0 fully saturated rings. The molecule has 0 radical (unpaired) electrons. The van der Waals surface area contributed by atoms with Crippen LogP contribution in [0.25, 0.3) is 22.0 Å². The van der Waals surface area contributed by atoms with Crippen molar-refractivity contribution in [1.82, 2.24) is 4.98 Å². The molecule has 5 nitrogen and oxygen atoms in total. The highest BCUT2D eigenvalue weighted by molar-refractivity contribution is 6.03. The van der Waals surface area contributed by atoms with E-state index in [1.165, 1.54) is 12.1 Å². The van der Waals surface area contributed by atoms with Crippen LogP contribution in [0.3, 0.4) is 0 Å². The van der Waals surface area contributed by atoms with Crippen LogP contribution in [0.15, 0.2) is 48.5 Å². The number of esters is 1. The van der Waals surface area contributed by atoms with Gasteiger partial charge in [-0.25, -0.2) is 14.2 Å². The zero-order valence-electron chi connectivity index (χ0n) is 14.0. The molecule has 0 bridgehead atoms. The summed E-state index contributed by atoms with van der Waals surface area (Å²) in [6, 6.07) is 12.7. The third-order valence-electron chi connectivity index (χ3n) is 3.96. The highest BCUT2D eigenvalue weighted by Gasteiger charge is 2.23. The molecule has 0 saturated heterocycles. The van der Waals surface area contributed by atoms with Gasteiger partial charge in [0, 0.05) is 10.9 Å². The van der Waals surface area contributed by atoms with Gasteiger partial charge in [0.25, 0.3) is 0 Å². The number of rotatable bonds is 5. The molecule has 1 heterocycles. The maximum atomic E-state index is 13.4. The van der Waals surface area contributed by atoms with Gasteiger partial charge in [0.2, 0.25) is 0 Å². The number of hydrogen-bond donors (Lipinski definition) is 1. The van der Waals surface area contributed by atoms with Crippen molar-refractivity contribution in [3.05, 3.63) is 65.6 Å². The van der Waals surface area contributed by atoms with Crippen molar-refractivity contribution in [2.24, 2.45) is 0 Å². The molecule has 1 N–H and O–H groups in total.